The second-order valence-corrected chi connectivity index (χ2v) is 5.03. The van der Waals surface area contributed by atoms with Crippen molar-refractivity contribution in [1.29, 1.82) is 0 Å². The monoisotopic (exact) mass is 235 g/mol. The van der Waals surface area contributed by atoms with Crippen molar-refractivity contribution < 1.29 is 5.11 Å². The molecule has 1 rings (SSSR count). The average Bonchev–Trinajstić information content (AvgIpc) is 2.34. The van der Waals surface area contributed by atoms with E-state index in [1.165, 1.54) is 11.1 Å². The van der Waals surface area contributed by atoms with Gasteiger partial charge in [-0.15, -0.1) is 0 Å². The molecule has 0 radical (unpaired) electrons. The highest BCUT2D eigenvalue weighted by Crippen LogP contribution is 2.14. The van der Waals surface area contributed by atoms with Crippen LogP contribution in [-0.4, -0.2) is 36.8 Å². The Bertz CT molecular complexity index is 305. The minimum Gasteiger partial charge on any atom is -0.396 e. The lowest BCUT2D eigenvalue weighted by molar-refractivity contribution is 0.248. The van der Waals surface area contributed by atoms with Crippen molar-refractivity contribution in [2.24, 2.45) is 0 Å². The van der Waals surface area contributed by atoms with Crippen LogP contribution in [0.3, 0.4) is 0 Å². The zero-order chi connectivity index (χ0) is 12.7. The Morgan fingerprint density at radius 1 is 1.12 bits per heavy atom. The molecule has 0 aliphatic carbocycles. The first kappa shape index (κ1) is 14.2. The van der Waals surface area contributed by atoms with Crippen LogP contribution < -0.4 is 0 Å². The number of rotatable bonds is 7. The fourth-order valence-electron chi connectivity index (χ4n) is 1.84. The van der Waals surface area contributed by atoms with Crippen LogP contribution in [0.15, 0.2) is 24.3 Å². The van der Waals surface area contributed by atoms with Crippen LogP contribution in [-0.2, 0) is 6.42 Å². The van der Waals surface area contributed by atoms with Gasteiger partial charge in [0.1, 0.15) is 0 Å². The molecule has 0 aliphatic rings. The molecule has 0 saturated carbocycles. The SMILES string of the molecule is CC(C)c1ccc(CCN(C)CCCO)cc1. The number of hydrogen-bond acceptors (Lipinski definition) is 2. The van der Waals surface area contributed by atoms with E-state index in [9.17, 15) is 0 Å². The second kappa shape index (κ2) is 7.46. The van der Waals surface area contributed by atoms with E-state index in [2.05, 4.69) is 50.1 Å². The summed E-state index contributed by atoms with van der Waals surface area (Å²) in [5, 5.41) is 8.76. The fraction of sp³-hybridized carbons (Fsp3) is 0.600. The van der Waals surface area contributed by atoms with Gasteiger partial charge < -0.3 is 10.0 Å². The van der Waals surface area contributed by atoms with Gasteiger partial charge in [0.05, 0.1) is 0 Å². The highest BCUT2D eigenvalue weighted by Gasteiger charge is 2.01. The van der Waals surface area contributed by atoms with Crippen LogP contribution in [0, 0.1) is 0 Å². The first-order valence-corrected chi connectivity index (χ1v) is 6.51. The van der Waals surface area contributed by atoms with Gasteiger partial charge in [0, 0.05) is 19.7 Å². The molecule has 0 spiro atoms. The van der Waals surface area contributed by atoms with Crippen LogP contribution in [0.5, 0.6) is 0 Å². The molecule has 1 aromatic rings. The normalized spacial score (nSPS) is 11.4. The van der Waals surface area contributed by atoms with Crippen molar-refractivity contribution in [2.45, 2.75) is 32.6 Å². The van der Waals surface area contributed by atoms with Crippen LogP contribution >= 0.6 is 0 Å². The number of aliphatic hydroxyl groups excluding tert-OH is 1. The van der Waals surface area contributed by atoms with E-state index in [4.69, 9.17) is 5.11 Å². The van der Waals surface area contributed by atoms with Gasteiger partial charge >= 0.3 is 0 Å². The molecule has 1 N–H and O–H groups in total. The molecule has 1 aromatic carbocycles. The molecule has 96 valence electrons. The molecule has 2 heteroatoms. The van der Waals surface area contributed by atoms with Crippen LogP contribution in [0.1, 0.15) is 37.3 Å². The number of nitrogens with zero attached hydrogens (tertiary/aromatic N) is 1. The summed E-state index contributed by atoms with van der Waals surface area (Å²) < 4.78 is 0. The number of aliphatic hydroxyl groups is 1. The minimum atomic E-state index is 0.285. The lowest BCUT2D eigenvalue weighted by Gasteiger charge is -2.16. The molecule has 0 aromatic heterocycles. The van der Waals surface area contributed by atoms with Gasteiger partial charge in [0.15, 0.2) is 0 Å². The number of likely N-dealkylation sites (N-methyl/N-ethyl adjacent to an activating group) is 1. The molecule has 0 heterocycles. The fourth-order valence-corrected chi connectivity index (χ4v) is 1.84. The maximum Gasteiger partial charge on any atom is 0.0443 e. The molecular formula is C15H25NO. The Morgan fingerprint density at radius 3 is 2.29 bits per heavy atom. The third kappa shape index (κ3) is 5.33. The van der Waals surface area contributed by atoms with Crippen molar-refractivity contribution in [1.82, 2.24) is 4.90 Å². The molecule has 0 atom stereocenters. The Hall–Kier alpha value is -0.860. The van der Waals surface area contributed by atoms with Gasteiger partial charge in [-0.2, -0.15) is 0 Å². The summed E-state index contributed by atoms with van der Waals surface area (Å²) in [5.74, 6) is 0.608. The van der Waals surface area contributed by atoms with Crippen LogP contribution in [0.25, 0.3) is 0 Å². The van der Waals surface area contributed by atoms with Gasteiger partial charge in [0.2, 0.25) is 0 Å². The van der Waals surface area contributed by atoms with Crippen molar-refractivity contribution >= 4 is 0 Å². The smallest absolute Gasteiger partial charge is 0.0443 e. The molecule has 0 saturated heterocycles. The van der Waals surface area contributed by atoms with Gasteiger partial charge in [-0.1, -0.05) is 38.1 Å². The Balaban J connectivity index is 2.36. The summed E-state index contributed by atoms with van der Waals surface area (Å²) in [6.07, 6.45) is 1.95. The summed E-state index contributed by atoms with van der Waals surface area (Å²) >= 11 is 0. The lowest BCUT2D eigenvalue weighted by atomic mass is 10.0. The summed E-state index contributed by atoms with van der Waals surface area (Å²) in [6, 6.07) is 8.92. The predicted molar refractivity (Wildman–Crippen MR) is 73.4 cm³/mol. The lowest BCUT2D eigenvalue weighted by Crippen LogP contribution is -2.23. The Kier molecular flexibility index (Phi) is 6.23. The molecule has 0 unspecified atom stereocenters. The molecular weight excluding hydrogens is 210 g/mol. The van der Waals surface area contributed by atoms with Crippen molar-refractivity contribution in [3.63, 3.8) is 0 Å². The topological polar surface area (TPSA) is 23.5 Å². The predicted octanol–water partition coefficient (Wildman–Crippen LogP) is 2.67. The maximum absolute atomic E-state index is 8.76. The molecule has 2 nitrogen and oxygen atoms in total. The van der Waals surface area contributed by atoms with E-state index >= 15 is 0 Å². The quantitative estimate of drug-likeness (QED) is 0.785. The van der Waals surface area contributed by atoms with E-state index in [-0.39, 0.29) is 6.61 Å². The van der Waals surface area contributed by atoms with Crippen LogP contribution in [0.2, 0.25) is 0 Å². The molecule has 0 fully saturated rings. The summed E-state index contributed by atoms with van der Waals surface area (Å²) in [7, 11) is 2.11. The summed E-state index contributed by atoms with van der Waals surface area (Å²) in [4.78, 5) is 2.27. The highest BCUT2D eigenvalue weighted by atomic mass is 16.3. The molecule has 0 bridgehead atoms. The zero-order valence-corrected chi connectivity index (χ0v) is 11.3. The van der Waals surface area contributed by atoms with E-state index in [1.807, 2.05) is 0 Å². The first-order chi connectivity index (χ1) is 8.13. The van der Waals surface area contributed by atoms with Crippen molar-refractivity contribution in [3.8, 4) is 0 Å². The molecule has 17 heavy (non-hydrogen) atoms. The Labute approximate surface area is 105 Å². The van der Waals surface area contributed by atoms with Gasteiger partial charge in [0.25, 0.3) is 0 Å². The van der Waals surface area contributed by atoms with Gasteiger partial charge in [-0.05, 0) is 36.9 Å². The minimum absolute atomic E-state index is 0.285. The standard InChI is InChI=1S/C15H25NO/c1-13(2)15-7-5-14(6-8-15)9-11-16(3)10-4-12-17/h5-8,13,17H,4,9-12H2,1-3H3. The van der Waals surface area contributed by atoms with E-state index in [0.717, 1.165) is 25.9 Å². The van der Waals surface area contributed by atoms with E-state index in [0.29, 0.717) is 5.92 Å². The summed E-state index contributed by atoms with van der Waals surface area (Å²) in [5.41, 5.74) is 2.80. The third-order valence-electron chi connectivity index (χ3n) is 3.13. The van der Waals surface area contributed by atoms with E-state index in [1.54, 1.807) is 0 Å². The maximum atomic E-state index is 8.76. The average molecular weight is 235 g/mol. The third-order valence-corrected chi connectivity index (χ3v) is 3.13. The largest absolute Gasteiger partial charge is 0.396 e. The molecule has 0 amide bonds. The number of benzene rings is 1. The summed E-state index contributed by atoms with van der Waals surface area (Å²) in [6.45, 7) is 6.75. The van der Waals surface area contributed by atoms with Gasteiger partial charge in [-0.25, -0.2) is 0 Å². The Morgan fingerprint density at radius 2 is 1.76 bits per heavy atom. The molecule has 0 aliphatic heterocycles. The second-order valence-electron chi connectivity index (χ2n) is 5.03. The van der Waals surface area contributed by atoms with Gasteiger partial charge in [-0.3, -0.25) is 0 Å². The zero-order valence-electron chi connectivity index (χ0n) is 11.3. The van der Waals surface area contributed by atoms with E-state index < -0.39 is 0 Å². The highest BCUT2D eigenvalue weighted by molar-refractivity contribution is 5.24. The number of hydrogen-bond donors (Lipinski definition) is 1. The van der Waals surface area contributed by atoms with Crippen molar-refractivity contribution in [2.75, 3.05) is 26.7 Å². The first-order valence-electron chi connectivity index (χ1n) is 6.51. The van der Waals surface area contributed by atoms with Crippen LogP contribution in [0.4, 0.5) is 0 Å². The van der Waals surface area contributed by atoms with Crippen molar-refractivity contribution in [3.05, 3.63) is 35.4 Å².